The summed E-state index contributed by atoms with van der Waals surface area (Å²) in [7, 11) is 1.63. The van der Waals surface area contributed by atoms with Gasteiger partial charge in [0.05, 0.1) is 19.1 Å². The van der Waals surface area contributed by atoms with Crippen molar-refractivity contribution in [3.63, 3.8) is 0 Å². The molecule has 0 radical (unpaired) electrons. The van der Waals surface area contributed by atoms with Crippen LogP contribution in [0, 0.1) is 5.92 Å². The van der Waals surface area contributed by atoms with Crippen molar-refractivity contribution in [2.45, 2.75) is 19.4 Å². The fourth-order valence-corrected chi connectivity index (χ4v) is 3.49. The van der Waals surface area contributed by atoms with Gasteiger partial charge in [0.2, 0.25) is 17.6 Å². The zero-order chi connectivity index (χ0) is 18.4. The van der Waals surface area contributed by atoms with E-state index in [4.69, 9.17) is 9.26 Å². The normalized spacial score (nSPS) is 18.0. The van der Waals surface area contributed by atoms with Crippen LogP contribution in [0.2, 0.25) is 0 Å². The molecule has 26 heavy (non-hydrogen) atoms. The van der Waals surface area contributed by atoms with Gasteiger partial charge in [-0.15, -0.1) is 0 Å². The van der Waals surface area contributed by atoms with Crippen molar-refractivity contribution in [2.75, 3.05) is 33.4 Å². The van der Waals surface area contributed by atoms with Gasteiger partial charge in [-0.1, -0.05) is 33.2 Å². The highest BCUT2D eigenvalue weighted by Crippen LogP contribution is 2.22. The van der Waals surface area contributed by atoms with Crippen molar-refractivity contribution >= 4 is 21.8 Å². The molecule has 7 nitrogen and oxygen atoms in total. The molecule has 1 aromatic heterocycles. The molecule has 2 aromatic rings. The summed E-state index contributed by atoms with van der Waals surface area (Å²) in [6, 6.07) is 7.79. The predicted octanol–water partition coefficient (Wildman–Crippen LogP) is 2.47. The Labute approximate surface area is 161 Å². The lowest BCUT2D eigenvalue weighted by atomic mass is 9.97. The standard InChI is InChI=1S/C18H23BrN4O3/c1-25-9-7-20-18(24)14-5-3-8-23(11-14)12-16-21-17(22-26-16)13-4-2-6-15(19)10-13/h2,4,6,10,14H,3,5,7-9,11-12H2,1H3,(H,20,24). The van der Waals surface area contributed by atoms with Gasteiger partial charge in [0, 0.05) is 30.2 Å². The molecule has 0 bridgehead atoms. The maximum absolute atomic E-state index is 12.2. The van der Waals surface area contributed by atoms with Crippen LogP contribution in [0.1, 0.15) is 18.7 Å². The minimum atomic E-state index is -0.00641. The first-order valence-electron chi connectivity index (χ1n) is 8.73. The van der Waals surface area contributed by atoms with E-state index in [1.807, 2.05) is 24.3 Å². The van der Waals surface area contributed by atoms with Crippen molar-refractivity contribution in [1.82, 2.24) is 20.4 Å². The van der Waals surface area contributed by atoms with E-state index in [-0.39, 0.29) is 11.8 Å². The first kappa shape index (κ1) is 19.0. The number of carbonyl (C=O) groups is 1. The van der Waals surface area contributed by atoms with E-state index in [2.05, 4.69) is 36.3 Å². The molecule has 0 aliphatic carbocycles. The van der Waals surface area contributed by atoms with Crippen molar-refractivity contribution < 1.29 is 14.1 Å². The maximum Gasteiger partial charge on any atom is 0.241 e. The molecule has 1 aliphatic rings. The van der Waals surface area contributed by atoms with Crippen LogP contribution >= 0.6 is 15.9 Å². The van der Waals surface area contributed by atoms with Gasteiger partial charge in [-0.2, -0.15) is 4.98 Å². The number of benzene rings is 1. The van der Waals surface area contributed by atoms with E-state index in [1.165, 1.54) is 0 Å². The molecule has 1 fully saturated rings. The number of amides is 1. The molecule has 1 N–H and O–H groups in total. The second kappa shape index (κ2) is 9.25. The quantitative estimate of drug-likeness (QED) is 0.690. The highest BCUT2D eigenvalue weighted by atomic mass is 79.9. The van der Waals surface area contributed by atoms with Gasteiger partial charge in [0.15, 0.2) is 0 Å². The Bertz CT molecular complexity index is 737. The lowest BCUT2D eigenvalue weighted by molar-refractivity contribution is -0.127. The van der Waals surface area contributed by atoms with E-state index in [9.17, 15) is 4.79 Å². The molecule has 1 unspecified atom stereocenters. The van der Waals surface area contributed by atoms with Crippen LogP contribution in [0.5, 0.6) is 0 Å². The third-order valence-corrected chi connectivity index (χ3v) is 4.88. The lowest BCUT2D eigenvalue weighted by Gasteiger charge is -2.30. The molecule has 1 aliphatic heterocycles. The molecule has 0 spiro atoms. The number of carbonyl (C=O) groups excluding carboxylic acids is 1. The largest absolute Gasteiger partial charge is 0.383 e. The van der Waals surface area contributed by atoms with Crippen LogP contribution in [0.4, 0.5) is 0 Å². The molecule has 8 heteroatoms. The predicted molar refractivity (Wildman–Crippen MR) is 100 cm³/mol. The van der Waals surface area contributed by atoms with Crippen LogP contribution in [0.15, 0.2) is 33.3 Å². The molecule has 1 atom stereocenters. The number of nitrogens with zero attached hydrogens (tertiary/aromatic N) is 3. The smallest absolute Gasteiger partial charge is 0.241 e. The number of halogens is 1. The van der Waals surface area contributed by atoms with E-state index in [0.29, 0.717) is 38.0 Å². The number of aromatic nitrogens is 2. The molecule has 140 valence electrons. The Morgan fingerprint density at radius 3 is 3.19 bits per heavy atom. The monoisotopic (exact) mass is 422 g/mol. The Morgan fingerprint density at radius 1 is 1.50 bits per heavy atom. The Hall–Kier alpha value is -1.77. The van der Waals surface area contributed by atoms with Gasteiger partial charge in [-0.25, -0.2) is 0 Å². The Morgan fingerprint density at radius 2 is 2.38 bits per heavy atom. The summed E-state index contributed by atoms with van der Waals surface area (Å²) in [5.41, 5.74) is 0.906. The number of hydrogen-bond acceptors (Lipinski definition) is 6. The third kappa shape index (κ3) is 5.12. The third-order valence-electron chi connectivity index (χ3n) is 4.39. The van der Waals surface area contributed by atoms with Crippen LogP contribution in [-0.2, 0) is 16.1 Å². The van der Waals surface area contributed by atoms with Gasteiger partial charge in [0.1, 0.15) is 0 Å². The van der Waals surface area contributed by atoms with Crippen molar-refractivity contribution in [3.8, 4) is 11.4 Å². The molecule has 2 heterocycles. The summed E-state index contributed by atoms with van der Waals surface area (Å²) < 4.78 is 11.3. The highest BCUT2D eigenvalue weighted by Gasteiger charge is 2.26. The zero-order valence-electron chi connectivity index (χ0n) is 14.8. The second-order valence-corrected chi connectivity index (χ2v) is 7.30. The number of rotatable bonds is 7. The number of hydrogen-bond donors (Lipinski definition) is 1. The number of nitrogens with one attached hydrogen (secondary N) is 1. The first-order valence-corrected chi connectivity index (χ1v) is 9.52. The second-order valence-electron chi connectivity index (χ2n) is 6.38. The average Bonchev–Trinajstić information content (AvgIpc) is 3.10. The van der Waals surface area contributed by atoms with Gasteiger partial charge >= 0.3 is 0 Å². The van der Waals surface area contributed by atoms with Crippen molar-refractivity contribution in [3.05, 3.63) is 34.6 Å². The van der Waals surface area contributed by atoms with Crippen molar-refractivity contribution in [1.29, 1.82) is 0 Å². The van der Waals surface area contributed by atoms with Crippen LogP contribution in [-0.4, -0.2) is 54.3 Å². The minimum absolute atomic E-state index is 0.00641. The summed E-state index contributed by atoms with van der Waals surface area (Å²) in [6.45, 7) is 3.26. The van der Waals surface area contributed by atoms with E-state index < -0.39 is 0 Å². The number of ether oxygens (including phenoxy) is 1. The number of piperidine rings is 1. The van der Waals surface area contributed by atoms with E-state index in [0.717, 1.165) is 29.4 Å². The minimum Gasteiger partial charge on any atom is -0.383 e. The van der Waals surface area contributed by atoms with Gasteiger partial charge in [-0.05, 0) is 31.5 Å². The van der Waals surface area contributed by atoms with Gasteiger partial charge in [-0.3, -0.25) is 9.69 Å². The lowest BCUT2D eigenvalue weighted by Crippen LogP contribution is -2.43. The Kier molecular flexibility index (Phi) is 6.76. The first-order chi connectivity index (χ1) is 12.7. The molecule has 1 aromatic carbocycles. The summed E-state index contributed by atoms with van der Waals surface area (Å²) in [6.07, 6.45) is 1.89. The SMILES string of the molecule is COCCNC(=O)C1CCCN(Cc2nc(-c3cccc(Br)c3)no2)C1. The molecule has 0 saturated carbocycles. The fourth-order valence-electron chi connectivity index (χ4n) is 3.09. The fraction of sp³-hybridized carbons (Fsp3) is 0.500. The molecular weight excluding hydrogens is 400 g/mol. The van der Waals surface area contributed by atoms with E-state index in [1.54, 1.807) is 7.11 Å². The van der Waals surface area contributed by atoms with Crippen LogP contribution in [0.25, 0.3) is 11.4 Å². The summed E-state index contributed by atoms with van der Waals surface area (Å²) in [5, 5.41) is 6.99. The van der Waals surface area contributed by atoms with Gasteiger partial charge < -0.3 is 14.6 Å². The summed E-state index contributed by atoms with van der Waals surface area (Å²) >= 11 is 3.45. The highest BCUT2D eigenvalue weighted by molar-refractivity contribution is 9.10. The summed E-state index contributed by atoms with van der Waals surface area (Å²) in [4.78, 5) is 18.9. The number of methoxy groups -OCH3 is 1. The Balaban J connectivity index is 1.56. The molecule has 3 rings (SSSR count). The van der Waals surface area contributed by atoms with Crippen LogP contribution < -0.4 is 5.32 Å². The van der Waals surface area contributed by atoms with Crippen LogP contribution in [0.3, 0.4) is 0 Å². The number of likely N-dealkylation sites (tertiary alicyclic amines) is 1. The van der Waals surface area contributed by atoms with E-state index >= 15 is 0 Å². The maximum atomic E-state index is 12.2. The molecule has 1 saturated heterocycles. The molecule has 1 amide bonds. The summed E-state index contributed by atoms with van der Waals surface area (Å²) in [5.74, 6) is 1.23. The topological polar surface area (TPSA) is 80.5 Å². The molecular formula is C18H23BrN4O3. The van der Waals surface area contributed by atoms with Gasteiger partial charge in [0.25, 0.3) is 0 Å². The zero-order valence-corrected chi connectivity index (χ0v) is 16.4. The van der Waals surface area contributed by atoms with Crippen molar-refractivity contribution in [2.24, 2.45) is 5.92 Å². The average molecular weight is 423 g/mol.